The van der Waals surface area contributed by atoms with Gasteiger partial charge in [0, 0.05) is 11.8 Å². The third kappa shape index (κ3) is 5.35. The number of ether oxygens (including phenoxy) is 1. The van der Waals surface area contributed by atoms with Crippen LogP contribution in [-0.2, 0) is 17.5 Å². The summed E-state index contributed by atoms with van der Waals surface area (Å²) in [6.45, 7) is 0.788. The van der Waals surface area contributed by atoms with Crippen molar-refractivity contribution in [1.82, 2.24) is 15.0 Å². The van der Waals surface area contributed by atoms with Crippen molar-refractivity contribution in [2.75, 3.05) is 0 Å². The van der Waals surface area contributed by atoms with Crippen LogP contribution >= 0.6 is 22.9 Å². The number of pyridine rings is 2. The van der Waals surface area contributed by atoms with E-state index in [1.54, 1.807) is 6.07 Å². The molecule has 3 aromatic rings. The third-order valence-corrected chi connectivity index (χ3v) is 5.63. The standard InChI is InChI=1S/C19H11ClF6N4OS/c1-9-14(32-17(29-9)11-3-5-13(28-7-11)18(21,22)23)15(19(24,25)26)31-8-12-4-2-10(6-27)16(20)30-12/h2-5,7,15H,8H2,1H3. The van der Waals surface area contributed by atoms with Gasteiger partial charge in [-0.25, -0.2) is 9.97 Å². The number of nitrogens with zero attached hydrogens (tertiary/aromatic N) is 4. The first kappa shape index (κ1) is 23.9. The number of alkyl halides is 6. The molecule has 0 amide bonds. The Morgan fingerprint density at radius 3 is 2.38 bits per heavy atom. The molecule has 13 heteroatoms. The van der Waals surface area contributed by atoms with E-state index in [9.17, 15) is 26.3 Å². The quantitative estimate of drug-likeness (QED) is 0.310. The van der Waals surface area contributed by atoms with Gasteiger partial charge >= 0.3 is 12.4 Å². The first-order chi connectivity index (χ1) is 14.9. The molecule has 5 nitrogen and oxygen atoms in total. The number of hydrogen-bond acceptors (Lipinski definition) is 6. The SMILES string of the molecule is Cc1nc(-c2ccc(C(F)(F)F)nc2)sc1C(OCc1ccc(C#N)c(Cl)n1)C(F)(F)F. The van der Waals surface area contributed by atoms with Gasteiger partial charge in [0.05, 0.1) is 28.4 Å². The van der Waals surface area contributed by atoms with Crippen molar-refractivity contribution in [3.63, 3.8) is 0 Å². The first-order valence-electron chi connectivity index (χ1n) is 8.65. The highest BCUT2D eigenvalue weighted by Gasteiger charge is 2.44. The van der Waals surface area contributed by atoms with Gasteiger partial charge in [0.2, 0.25) is 0 Å². The van der Waals surface area contributed by atoms with Gasteiger partial charge in [0.1, 0.15) is 21.9 Å². The molecule has 3 heterocycles. The van der Waals surface area contributed by atoms with Crippen LogP contribution in [0.4, 0.5) is 26.3 Å². The molecule has 168 valence electrons. The Morgan fingerprint density at radius 2 is 1.84 bits per heavy atom. The van der Waals surface area contributed by atoms with E-state index in [4.69, 9.17) is 21.6 Å². The summed E-state index contributed by atoms with van der Waals surface area (Å²) in [7, 11) is 0. The molecule has 0 aliphatic heterocycles. The highest BCUT2D eigenvalue weighted by atomic mass is 35.5. The molecule has 1 unspecified atom stereocenters. The van der Waals surface area contributed by atoms with E-state index in [-0.39, 0.29) is 37.6 Å². The molecule has 3 rings (SSSR count). The van der Waals surface area contributed by atoms with Crippen LogP contribution in [0.25, 0.3) is 10.6 Å². The maximum atomic E-state index is 13.7. The van der Waals surface area contributed by atoms with Crippen molar-refractivity contribution in [2.45, 2.75) is 32.0 Å². The molecular formula is C19H11ClF6N4OS. The Kier molecular flexibility index (Phi) is 6.73. The zero-order valence-electron chi connectivity index (χ0n) is 15.9. The summed E-state index contributed by atoms with van der Waals surface area (Å²) in [6.07, 6.45) is -10.9. The molecular weight excluding hydrogens is 482 g/mol. The van der Waals surface area contributed by atoms with E-state index in [1.807, 2.05) is 0 Å². The maximum absolute atomic E-state index is 13.7. The normalized spacial score (nSPS) is 13.1. The average molecular weight is 493 g/mol. The smallest absolute Gasteiger partial charge is 0.357 e. The van der Waals surface area contributed by atoms with E-state index in [2.05, 4.69) is 15.0 Å². The van der Waals surface area contributed by atoms with Crippen molar-refractivity contribution in [2.24, 2.45) is 0 Å². The van der Waals surface area contributed by atoms with E-state index in [0.29, 0.717) is 11.3 Å². The van der Waals surface area contributed by atoms with Gasteiger partial charge in [0.25, 0.3) is 0 Å². The highest BCUT2D eigenvalue weighted by molar-refractivity contribution is 7.15. The van der Waals surface area contributed by atoms with Crippen LogP contribution in [0.2, 0.25) is 5.15 Å². The van der Waals surface area contributed by atoms with Gasteiger partial charge < -0.3 is 4.74 Å². The Hall–Kier alpha value is -2.75. The van der Waals surface area contributed by atoms with Crippen molar-refractivity contribution in [3.05, 3.63) is 63.1 Å². The van der Waals surface area contributed by atoms with Gasteiger partial charge in [-0.15, -0.1) is 11.3 Å². The minimum Gasteiger partial charge on any atom is -0.357 e. The summed E-state index contributed by atoms with van der Waals surface area (Å²) >= 11 is 6.43. The molecule has 0 radical (unpaired) electrons. The maximum Gasteiger partial charge on any atom is 0.433 e. The predicted octanol–water partition coefficient (Wildman–Crippen LogP) is 6.27. The van der Waals surface area contributed by atoms with Gasteiger partial charge in [-0.05, 0) is 31.2 Å². The largest absolute Gasteiger partial charge is 0.433 e. The van der Waals surface area contributed by atoms with Crippen molar-refractivity contribution >= 4 is 22.9 Å². The van der Waals surface area contributed by atoms with Crippen LogP contribution in [0, 0.1) is 18.3 Å². The van der Waals surface area contributed by atoms with Crippen LogP contribution < -0.4 is 0 Å². The van der Waals surface area contributed by atoms with Gasteiger partial charge in [0.15, 0.2) is 6.10 Å². The van der Waals surface area contributed by atoms with Crippen molar-refractivity contribution < 1.29 is 31.1 Å². The number of rotatable bonds is 5. The predicted molar refractivity (Wildman–Crippen MR) is 103 cm³/mol. The number of thiazole rings is 1. The number of aromatic nitrogens is 3. The second-order valence-electron chi connectivity index (χ2n) is 6.38. The molecule has 32 heavy (non-hydrogen) atoms. The fraction of sp³-hybridized carbons (Fsp3) is 0.263. The average Bonchev–Trinajstić information content (AvgIpc) is 3.08. The second kappa shape index (κ2) is 9.01. The van der Waals surface area contributed by atoms with Gasteiger partial charge in [-0.2, -0.15) is 31.6 Å². The highest BCUT2D eigenvalue weighted by Crippen LogP contribution is 2.42. The number of nitriles is 1. The number of aryl methyl sites for hydroxylation is 1. The molecule has 0 saturated carbocycles. The molecule has 3 aromatic heterocycles. The minimum absolute atomic E-state index is 0.0121. The minimum atomic E-state index is -4.80. The lowest BCUT2D eigenvalue weighted by molar-refractivity contribution is -0.226. The Morgan fingerprint density at radius 1 is 1.12 bits per heavy atom. The molecule has 0 saturated heterocycles. The summed E-state index contributed by atoms with van der Waals surface area (Å²) < 4.78 is 84.2. The summed E-state index contributed by atoms with van der Waals surface area (Å²) in [5.41, 5.74) is -0.829. The molecule has 0 bridgehead atoms. The van der Waals surface area contributed by atoms with Gasteiger partial charge in [-0.1, -0.05) is 11.6 Å². The summed E-state index contributed by atoms with van der Waals surface area (Å²) in [6, 6.07) is 6.22. The van der Waals surface area contributed by atoms with E-state index >= 15 is 0 Å². The lowest BCUT2D eigenvalue weighted by atomic mass is 10.2. The van der Waals surface area contributed by atoms with Crippen LogP contribution in [-0.4, -0.2) is 21.1 Å². The fourth-order valence-corrected chi connectivity index (χ4v) is 3.93. The lowest BCUT2D eigenvalue weighted by Gasteiger charge is -2.20. The molecule has 0 aliphatic rings. The fourth-order valence-electron chi connectivity index (χ4n) is 2.59. The van der Waals surface area contributed by atoms with Crippen LogP contribution in [0.15, 0.2) is 30.5 Å². The zero-order chi connectivity index (χ0) is 23.7. The van der Waals surface area contributed by atoms with E-state index in [0.717, 1.165) is 18.3 Å². The summed E-state index contributed by atoms with van der Waals surface area (Å²) in [5.74, 6) is 0. The summed E-state index contributed by atoms with van der Waals surface area (Å²) in [4.78, 5) is 10.9. The lowest BCUT2D eigenvalue weighted by Crippen LogP contribution is -2.23. The molecule has 0 aromatic carbocycles. The first-order valence-corrected chi connectivity index (χ1v) is 9.84. The van der Waals surface area contributed by atoms with Crippen LogP contribution in [0.5, 0.6) is 0 Å². The van der Waals surface area contributed by atoms with Crippen molar-refractivity contribution in [3.8, 4) is 16.6 Å². The molecule has 0 N–H and O–H groups in total. The topological polar surface area (TPSA) is 71.7 Å². The second-order valence-corrected chi connectivity index (χ2v) is 7.77. The Balaban J connectivity index is 1.87. The molecule has 0 aliphatic carbocycles. The Labute approximate surface area is 186 Å². The van der Waals surface area contributed by atoms with Gasteiger partial charge in [-0.3, -0.25) is 4.98 Å². The van der Waals surface area contributed by atoms with Crippen molar-refractivity contribution in [1.29, 1.82) is 5.26 Å². The Bertz CT molecular complexity index is 1150. The number of halogens is 7. The number of hydrogen-bond donors (Lipinski definition) is 0. The van der Waals surface area contributed by atoms with E-state index < -0.39 is 30.8 Å². The zero-order valence-corrected chi connectivity index (χ0v) is 17.5. The molecule has 0 spiro atoms. The van der Waals surface area contributed by atoms with Crippen LogP contribution in [0.3, 0.4) is 0 Å². The monoisotopic (exact) mass is 492 g/mol. The third-order valence-electron chi connectivity index (χ3n) is 4.09. The van der Waals surface area contributed by atoms with E-state index in [1.165, 1.54) is 19.1 Å². The molecule has 1 atom stereocenters. The van der Waals surface area contributed by atoms with Crippen LogP contribution in [0.1, 0.15) is 33.6 Å². The summed E-state index contributed by atoms with van der Waals surface area (Å²) in [5, 5.41) is 8.75. The molecule has 0 fully saturated rings.